The minimum atomic E-state index is 0. The normalized spacial score (nSPS) is 9.33. The first-order chi connectivity index (χ1) is 8.29. The van der Waals surface area contributed by atoms with Gasteiger partial charge < -0.3 is 0 Å². The maximum atomic E-state index is 11.9. The van der Waals surface area contributed by atoms with Crippen LogP contribution in [0.2, 0.25) is 0 Å². The van der Waals surface area contributed by atoms with E-state index in [2.05, 4.69) is 0 Å². The summed E-state index contributed by atoms with van der Waals surface area (Å²) in [5.74, 6) is 0.0875. The van der Waals surface area contributed by atoms with Crippen molar-refractivity contribution in [1.29, 1.82) is 0 Å². The Hall–Kier alpha value is -0.869. The SMILES string of the molecule is O=Cc1ccc(CC(=O)c2ccccc2)cc1.[Nd]. The molecular weight excluding hydrogens is 356 g/mol. The maximum absolute atomic E-state index is 11.9. The fourth-order valence-corrected chi connectivity index (χ4v) is 1.63. The van der Waals surface area contributed by atoms with E-state index >= 15 is 0 Å². The Morgan fingerprint density at radius 1 is 0.944 bits per heavy atom. The summed E-state index contributed by atoms with van der Waals surface area (Å²) in [6, 6.07) is 16.3. The summed E-state index contributed by atoms with van der Waals surface area (Å²) < 4.78 is 0. The molecule has 0 fully saturated rings. The van der Waals surface area contributed by atoms with Crippen molar-refractivity contribution in [2.24, 2.45) is 0 Å². The summed E-state index contributed by atoms with van der Waals surface area (Å²) in [6.45, 7) is 0. The van der Waals surface area contributed by atoms with E-state index in [0.29, 0.717) is 17.5 Å². The number of hydrogen-bond donors (Lipinski definition) is 0. The second-order valence-corrected chi connectivity index (χ2v) is 3.83. The zero-order chi connectivity index (χ0) is 12.1. The first-order valence-electron chi connectivity index (χ1n) is 5.42. The zero-order valence-electron chi connectivity index (χ0n) is 9.80. The van der Waals surface area contributed by atoms with Crippen LogP contribution in [0.1, 0.15) is 26.3 Å². The van der Waals surface area contributed by atoms with Crippen LogP contribution in [0, 0.1) is 40.8 Å². The van der Waals surface area contributed by atoms with Gasteiger partial charge in [0.2, 0.25) is 0 Å². The van der Waals surface area contributed by atoms with E-state index in [-0.39, 0.29) is 46.6 Å². The number of carbonyl (C=O) groups excluding carboxylic acids is 2. The van der Waals surface area contributed by atoms with Crippen molar-refractivity contribution < 1.29 is 50.4 Å². The van der Waals surface area contributed by atoms with Crippen LogP contribution >= 0.6 is 0 Å². The van der Waals surface area contributed by atoms with Crippen LogP contribution < -0.4 is 0 Å². The van der Waals surface area contributed by atoms with Gasteiger partial charge in [0.05, 0.1) is 0 Å². The van der Waals surface area contributed by atoms with E-state index in [1.165, 1.54) is 0 Å². The van der Waals surface area contributed by atoms with Gasteiger partial charge >= 0.3 is 0 Å². The maximum Gasteiger partial charge on any atom is 0.167 e. The van der Waals surface area contributed by atoms with E-state index in [4.69, 9.17) is 0 Å². The van der Waals surface area contributed by atoms with Gasteiger partial charge in [-0.15, -0.1) is 0 Å². The quantitative estimate of drug-likeness (QED) is 0.614. The van der Waals surface area contributed by atoms with Gasteiger partial charge in [-0.25, -0.2) is 0 Å². The van der Waals surface area contributed by atoms with Gasteiger partial charge in [-0.3, -0.25) is 9.59 Å². The van der Waals surface area contributed by atoms with E-state index in [0.717, 1.165) is 11.8 Å². The molecule has 0 heterocycles. The topological polar surface area (TPSA) is 34.1 Å². The Morgan fingerprint density at radius 3 is 2.11 bits per heavy atom. The van der Waals surface area contributed by atoms with Gasteiger partial charge in [0.25, 0.3) is 0 Å². The van der Waals surface area contributed by atoms with Gasteiger partial charge in [0.15, 0.2) is 5.78 Å². The number of ketones is 1. The van der Waals surface area contributed by atoms with Gasteiger partial charge in [-0.05, 0) is 5.56 Å². The molecule has 2 rings (SSSR count). The second kappa shape index (κ2) is 7.54. The average molecular weight is 368 g/mol. The predicted molar refractivity (Wildman–Crippen MR) is 66.3 cm³/mol. The van der Waals surface area contributed by atoms with Crippen molar-refractivity contribution in [3.63, 3.8) is 0 Å². The van der Waals surface area contributed by atoms with Gasteiger partial charge in [-0.2, -0.15) is 0 Å². The minimum absolute atomic E-state index is 0. The Morgan fingerprint density at radius 2 is 1.56 bits per heavy atom. The number of benzene rings is 2. The molecule has 0 aromatic heterocycles. The van der Waals surface area contributed by atoms with E-state index < -0.39 is 0 Å². The van der Waals surface area contributed by atoms with Crippen molar-refractivity contribution >= 4 is 12.1 Å². The van der Waals surface area contributed by atoms with Gasteiger partial charge in [0.1, 0.15) is 6.29 Å². The smallest absolute Gasteiger partial charge is 0.167 e. The first-order valence-corrected chi connectivity index (χ1v) is 5.42. The summed E-state index contributed by atoms with van der Waals surface area (Å²) in [6.07, 6.45) is 1.16. The number of Topliss-reactive ketones (excluding diaryl/α,β-unsaturated/α-hetero) is 1. The molecule has 2 aromatic rings. The summed E-state index contributed by atoms with van der Waals surface area (Å²) in [5.41, 5.74) is 2.26. The number of rotatable bonds is 4. The van der Waals surface area contributed by atoms with Crippen molar-refractivity contribution in [1.82, 2.24) is 0 Å². The molecule has 0 amide bonds. The average Bonchev–Trinajstić information content (AvgIpc) is 2.40. The number of carbonyl (C=O) groups is 2. The van der Waals surface area contributed by atoms with Crippen LogP contribution in [0.5, 0.6) is 0 Å². The molecular formula is C15H12NdO2. The Labute approximate surface area is 139 Å². The Kier molecular flexibility index (Phi) is 6.36. The van der Waals surface area contributed by atoms with Crippen LogP contribution in [0.4, 0.5) is 0 Å². The van der Waals surface area contributed by atoms with Crippen LogP contribution in [-0.4, -0.2) is 12.1 Å². The Balaban J connectivity index is 0.00000162. The van der Waals surface area contributed by atoms with Crippen LogP contribution in [-0.2, 0) is 6.42 Å². The van der Waals surface area contributed by atoms with E-state index in [1.807, 2.05) is 42.5 Å². The molecule has 0 spiro atoms. The first kappa shape index (κ1) is 15.2. The fourth-order valence-electron chi connectivity index (χ4n) is 1.63. The molecule has 2 aromatic carbocycles. The summed E-state index contributed by atoms with van der Waals surface area (Å²) in [5, 5.41) is 0. The summed E-state index contributed by atoms with van der Waals surface area (Å²) >= 11 is 0. The molecule has 18 heavy (non-hydrogen) atoms. The van der Waals surface area contributed by atoms with Crippen LogP contribution in [0.15, 0.2) is 54.6 Å². The largest absolute Gasteiger partial charge is 0.298 e. The van der Waals surface area contributed by atoms with Crippen molar-refractivity contribution in [2.75, 3.05) is 0 Å². The summed E-state index contributed by atoms with van der Waals surface area (Å²) in [4.78, 5) is 22.4. The third-order valence-electron chi connectivity index (χ3n) is 2.58. The molecule has 3 heteroatoms. The van der Waals surface area contributed by atoms with Gasteiger partial charge in [0, 0.05) is 58.4 Å². The monoisotopic (exact) mass is 366 g/mol. The van der Waals surface area contributed by atoms with Crippen LogP contribution in [0.3, 0.4) is 0 Å². The van der Waals surface area contributed by atoms with E-state index in [1.54, 1.807) is 12.1 Å². The molecule has 0 atom stereocenters. The van der Waals surface area contributed by atoms with Crippen LogP contribution in [0.25, 0.3) is 0 Å². The molecule has 0 aliphatic heterocycles. The van der Waals surface area contributed by atoms with Gasteiger partial charge in [-0.1, -0.05) is 54.6 Å². The van der Waals surface area contributed by atoms with Crippen molar-refractivity contribution in [2.45, 2.75) is 6.42 Å². The molecule has 0 aliphatic rings. The molecule has 0 unspecified atom stereocenters. The molecule has 0 aliphatic carbocycles. The predicted octanol–water partition coefficient (Wildman–Crippen LogP) is 2.92. The minimum Gasteiger partial charge on any atom is -0.298 e. The second-order valence-electron chi connectivity index (χ2n) is 3.83. The Bertz CT molecular complexity index is 518. The fraction of sp³-hybridized carbons (Fsp3) is 0.0667. The number of aldehydes is 1. The third kappa shape index (κ3) is 4.10. The zero-order valence-corrected chi connectivity index (χ0v) is 13.0. The molecule has 0 saturated carbocycles. The van der Waals surface area contributed by atoms with Crippen molar-refractivity contribution in [3.05, 3.63) is 71.3 Å². The molecule has 0 radical (unpaired) electrons. The van der Waals surface area contributed by atoms with E-state index in [9.17, 15) is 9.59 Å². The number of hydrogen-bond acceptors (Lipinski definition) is 2. The molecule has 0 N–H and O–H groups in total. The molecule has 0 saturated heterocycles. The molecule has 2 nitrogen and oxygen atoms in total. The molecule has 88 valence electrons. The molecule has 0 bridgehead atoms. The third-order valence-corrected chi connectivity index (χ3v) is 2.58. The van der Waals surface area contributed by atoms with Crippen molar-refractivity contribution in [3.8, 4) is 0 Å². The standard InChI is InChI=1S/C15H12O2.Nd/c16-11-13-8-6-12(7-9-13)10-15(17)14-4-2-1-3-5-14;/h1-9,11H,10H2;. The summed E-state index contributed by atoms with van der Waals surface area (Å²) in [7, 11) is 0.